The lowest BCUT2D eigenvalue weighted by Gasteiger charge is -2.14. The van der Waals surface area contributed by atoms with E-state index in [4.69, 9.17) is 40.2 Å². The molecule has 6 nitrogen and oxygen atoms in total. The van der Waals surface area contributed by atoms with E-state index in [0.717, 1.165) is 22.1 Å². The predicted molar refractivity (Wildman–Crippen MR) is 170 cm³/mol. The van der Waals surface area contributed by atoms with E-state index >= 15 is 0 Å². The predicted octanol–water partition coefficient (Wildman–Crippen LogP) is 7.93. The summed E-state index contributed by atoms with van der Waals surface area (Å²) < 4.78 is 35.6. The van der Waals surface area contributed by atoms with Gasteiger partial charge in [-0.15, -0.1) is 11.3 Å². The Morgan fingerprint density at radius 2 is 1.55 bits per heavy atom. The van der Waals surface area contributed by atoms with Crippen molar-refractivity contribution in [3.8, 4) is 22.6 Å². The lowest BCUT2D eigenvalue weighted by atomic mass is 10.1. The fourth-order valence-electron chi connectivity index (χ4n) is 4.07. The Hall–Kier alpha value is -3.18. The van der Waals surface area contributed by atoms with Crippen LogP contribution in [0.25, 0.3) is 21.9 Å². The van der Waals surface area contributed by atoms with Crippen molar-refractivity contribution in [1.29, 1.82) is 0 Å². The van der Waals surface area contributed by atoms with Crippen LogP contribution in [0.2, 0.25) is 10.0 Å². The number of sulfonamides is 1. The monoisotopic (exact) mass is 627 g/mol. The van der Waals surface area contributed by atoms with E-state index in [1.165, 1.54) is 0 Å². The Bertz CT molecular complexity index is 1770. The van der Waals surface area contributed by atoms with E-state index in [0.29, 0.717) is 43.5 Å². The molecule has 40 heavy (non-hydrogen) atoms. The molecule has 0 bridgehead atoms. The first-order chi connectivity index (χ1) is 19.3. The van der Waals surface area contributed by atoms with Crippen LogP contribution in [0.3, 0.4) is 0 Å². The summed E-state index contributed by atoms with van der Waals surface area (Å²) in [6.07, 6.45) is 0. The second kappa shape index (κ2) is 12.6. The van der Waals surface area contributed by atoms with Gasteiger partial charge >= 0.3 is 0 Å². The number of anilines is 1. The van der Waals surface area contributed by atoms with Crippen LogP contribution in [0.1, 0.15) is 0 Å². The molecule has 1 aromatic heterocycles. The maximum atomic E-state index is 13.3. The van der Waals surface area contributed by atoms with Crippen LogP contribution >= 0.6 is 46.8 Å². The largest absolute Gasteiger partial charge is 0.457 e. The lowest BCUT2D eigenvalue weighted by Crippen LogP contribution is -2.36. The number of thiocarbonyl (C=S) groups is 1. The van der Waals surface area contributed by atoms with Gasteiger partial charge in [0.05, 0.1) is 0 Å². The average Bonchev–Trinajstić information content (AvgIpc) is 3.42. The zero-order valence-corrected chi connectivity index (χ0v) is 24.8. The van der Waals surface area contributed by atoms with Crippen molar-refractivity contribution in [2.75, 3.05) is 18.4 Å². The Labute approximate surface area is 252 Å². The van der Waals surface area contributed by atoms with Crippen molar-refractivity contribution in [3.05, 3.63) is 106 Å². The Kier molecular flexibility index (Phi) is 8.90. The van der Waals surface area contributed by atoms with Crippen LogP contribution in [0.15, 0.2) is 101 Å². The number of nitrogens with one attached hydrogen (secondary N) is 3. The molecular formula is C29H23Cl2N3O3S3. The normalized spacial score (nSPS) is 11.3. The number of halogens is 2. The van der Waals surface area contributed by atoms with Crippen LogP contribution < -0.4 is 20.1 Å². The van der Waals surface area contributed by atoms with Gasteiger partial charge in [0.15, 0.2) is 5.11 Å². The fraction of sp³-hybridized carbons (Fsp3) is 0.0690. The zero-order valence-electron chi connectivity index (χ0n) is 20.9. The first-order valence-electron chi connectivity index (χ1n) is 12.1. The number of fused-ring (bicyclic) bond motifs is 1. The minimum Gasteiger partial charge on any atom is -0.457 e. The van der Waals surface area contributed by atoms with E-state index in [1.54, 1.807) is 29.6 Å². The molecule has 5 rings (SSSR count). The molecule has 4 aromatic carbocycles. The van der Waals surface area contributed by atoms with Gasteiger partial charge in [-0.2, -0.15) is 0 Å². The summed E-state index contributed by atoms with van der Waals surface area (Å²) in [7, 11) is -3.81. The molecule has 204 valence electrons. The summed E-state index contributed by atoms with van der Waals surface area (Å²) in [6, 6.07) is 28.1. The molecule has 0 unspecified atom stereocenters. The second-order valence-corrected chi connectivity index (χ2v) is 12.8. The number of thiophene rings is 1. The molecule has 0 aliphatic carbocycles. The topological polar surface area (TPSA) is 79.5 Å². The highest BCUT2D eigenvalue weighted by Crippen LogP contribution is 2.39. The third kappa shape index (κ3) is 6.93. The Morgan fingerprint density at radius 3 is 2.35 bits per heavy atom. The molecule has 0 saturated carbocycles. The molecular weight excluding hydrogens is 605 g/mol. The van der Waals surface area contributed by atoms with Gasteiger partial charge in [-0.25, -0.2) is 13.1 Å². The van der Waals surface area contributed by atoms with Crippen molar-refractivity contribution in [1.82, 2.24) is 10.0 Å². The van der Waals surface area contributed by atoms with Crippen molar-refractivity contribution in [3.63, 3.8) is 0 Å². The SMILES string of the molecule is O=S(=O)(NCCNC(=S)Nc1cc(Cl)cc(Cl)c1)c1sccc1-c1ccccc1Oc1ccc2ccccc2c1. The van der Waals surface area contributed by atoms with E-state index in [2.05, 4.69) is 15.4 Å². The van der Waals surface area contributed by atoms with Gasteiger partial charge in [-0.1, -0.05) is 71.7 Å². The number of para-hydroxylation sites is 1. The number of hydrogen-bond donors (Lipinski definition) is 3. The first-order valence-corrected chi connectivity index (χ1v) is 15.7. The minimum atomic E-state index is -3.81. The molecule has 0 radical (unpaired) electrons. The highest BCUT2D eigenvalue weighted by molar-refractivity contribution is 7.91. The van der Waals surface area contributed by atoms with E-state index in [9.17, 15) is 8.42 Å². The highest BCUT2D eigenvalue weighted by atomic mass is 35.5. The van der Waals surface area contributed by atoms with Crippen molar-refractivity contribution in [2.24, 2.45) is 0 Å². The fourth-order valence-corrected chi connectivity index (χ4v) is 7.27. The zero-order chi connectivity index (χ0) is 28.1. The molecule has 0 fully saturated rings. The molecule has 1 heterocycles. The maximum absolute atomic E-state index is 13.3. The lowest BCUT2D eigenvalue weighted by molar-refractivity contribution is 0.485. The summed E-state index contributed by atoms with van der Waals surface area (Å²) in [4.78, 5) is 0. The van der Waals surface area contributed by atoms with Crippen molar-refractivity contribution >= 4 is 78.4 Å². The van der Waals surface area contributed by atoms with E-state index in [1.807, 2.05) is 66.7 Å². The number of hydrogen-bond acceptors (Lipinski definition) is 5. The van der Waals surface area contributed by atoms with Crippen molar-refractivity contribution < 1.29 is 13.2 Å². The van der Waals surface area contributed by atoms with Gasteiger partial charge in [0.25, 0.3) is 10.0 Å². The molecule has 0 atom stereocenters. The van der Waals surface area contributed by atoms with Crippen LogP contribution in [0.4, 0.5) is 5.69 Å². The minimum absolute atomic E-state index is 0.118. The van der Waals surface area contributed by atoms with Crippen LogP contribution in [0, 0.1) is 0 Å². The molecule has 0 aliphatic heterocycles. The summed E-state index contributed by atoms with van der Waals surface area (Å²) in [5, 5.41) is 11.1. The summed E-state index contributed by atoms with van der Waals surface area (Å²) in [6.45, 7) is 0.384. The van der Waals surface area contributed by atoms with Gasteiger partial charge in [0, 0.05) is 39.9 Å². The van der Waals surface area contributed by atoms with E-state index < -0.39 is 10.0 Å². The molecule has 0 amide bonds. The summed E-state index contributed by atoms with van der Waals surface area (Å²) >= 11 is 18.5. The Morgan fingerprint density at radius 1 is 0.825 bits per heavy atom. The van der Waals surface area contributed by atoms with Gasteiger partial charge in [-0.05, 0) is 70.8 Å². The molecule has 0 saturated heterocycles. The van der Waals surface area contributed by atoms with Gasteiger partial charge < -0.3 is 15.4 Å². The molecule has 11 heteroatoms. The molecule has 5 aromatic rings. The van der Waals surface area contributed by atoms with Crippen LogP contribution in [-0.2, 0) is 10.0 Å². The average molecular weight is 629 g/mol. The summed E-state index contributed by atoms with van der Waals surface area (Å²) in [5.74, 6) is 1.23. The Balaban J connectivity index is 1.25. The molecule has 0 aliphatic rings. The smallest absolute Gasteiger partial charge is 0.250 e. The van der Waals surface area contributed by atoms with Gasteiger partial charge in [0.1, 0.15) is 15.7 Å². The number of ether oxygens (including phenoxy) is 1. The van der Waals surface area contributed by atoms with E-state index in [-0.39, 0.29) is 17.3 Å². The quantitative estimate of drug-likeness (QED) is 0.114. The third-order valence-corrected chi connectivity index (χ3v) is 9.45. The number of rotatable bonds is 9. The van der Waals surface area contributed by atoms with Crippen LogP contribution in [0.5, 0.6) is 11.5 Å². The first kappa shape index (κ1) is 28.4. The third-order valence-electron chi connectivity index (χ3n) is 5.82. The van der Waals surface area contributed by atoms with Gasteiger partial charge in [0.2, 0.25) is 0 Å². The second-order valence-electron chi connectivity index (χ2n) is 8.67. The van der Waals surface area contributed by atoms with Crippen LogP contribution in [-0.4, -0.2) is 26.6 Å². The summed E-state index contributed by atoms with van der Waals surface area (Å²) in [5.41, 5.74) is 1.88. The molecule has 3 N–H and O–H groups in total. The highest BCUT2D eigenvalue weighted by Gasteiger charge is 2.23. The molecule has 0 spiro atoms. The van der Waals surface area contributed by atoms with Crippen molar-refractivity contribution in [2.45, 2.75) is 4.21 Å². The number of benzene rings is 4. The standard InChI is InChI=1S/C29H23Cl2N3O3S3/c30-21-16-22(31)18-23(17-21)34-29(38)32-12-13-33-40(35,36)28-26(11-14-39-28)25-7-3-4-8-27(25)37-24-10-9-19-5-1-2-6-20(19)15-24/h1-11,14-18,33H,12-13H2,(H2,32,34,38). The van der Waals surface area contributed by atoms with Gasteiger partial charge in [-0.3, -0.25) is 0 Å². The maximum Gasteiger partial charge on any atom is 0.250 e.